The van der Waals surface area contributed by atoms with Crippen LogP contribution in [0.15, 0.2) is 59.7 Å². The molecule has 2 aromatic rings. The summed E-state index contributed by atoms with van der Waals surface area (Å²) >= 11 is 0. The van der Waals surface area contributed by atoms with E-state index < -0.39 is 0 Å². The first kappa shape index (κ1) is 15.1. The summed E-state index contributed by atoms with van der Waals surface area (Å²) in [5.74, 6) is 0.601. The van der Waals surface area contributed by atoms with Crippen molar-refractivity contribution in [2.24, 2.45) is 0 Å². The highest BCUT2D eigenvalue weighted by molar-refractivity contribution is 5.89. The molecule has 1 aliphatic rings. The highest BCUT2D eigenvalue weighted by Crippen LogP contribution is 2.29. The summed E-state index contributed by atoms with van der Waals surface area (Å²) in [6, 6.07) is 15.4. The average molecular weight is 306 g/mol. The number of esters is 1. The second kappa shape index (κ2) is 6.53. The van der Waals surface area contributed by atoms with E-state index in [1.54, 1.807) is 12.1 Å². The molecule has 0 aromatic heterocycles. The molecule has 0 saturated carbocycles. The van der Waals surface area contributed by atoms with Crippen molar-refractivity contribution in [2.75, 3.05) is 13.7 Å². The molecule has 0 saturated heterocycles. The molecule has 0 amide bonds. The molecule has 1 heterocycles. The molecule has 0 spiro atoms. The molecule has 3 rings (SSSR count). The van der Waals surface area contributed by atoms with Gasteiger partial charge in [0, 0.05) is 5.56 Å². The van der Waals surface area contributed by atoms with Gasteiger partial charge in [0.1, 0.15) is 12.4 Å². The Balaban J connectivity index is 1.83. The molecule has 2 aromatic carbocycles. The van der Waals surface area contributed by atoms with E-state index in [0.717, 1.165) is 28.0 Å². The third kappa shape index (κ3) is 3.34. The normalized spacial score (nSPS) is 13.7. The van der Waals surface area contributed by atoms with E-state index in [-0.39, 0.29) is 5.97 Å². The molecule has 3 heteroatoms. The zero-order chi connectivity index (χ0) is 16.2. The number of methoxy groups -OCH3 is 1. The highest BCUT2D eigenvalue weighted by atomic mass is 16.5. The van der Waals surface area contributed by atoms with Crippen molar-refractivity contribution < 1.29 is 14.3 Å². The Morgan fingerprint density at radius 2 is 1.87 bits per heavy atom. The molecular weight excluding hydrogens is 288 g/mol. The smallest absolute Gasteiger partial charge is 0.337 e. The van der Waals surface area contributed by atoms with Crippen molar-refractivity contribution in [3.05, 3.63) is 76.4 Å². The number of carbonyl (C=O) groups is 1. The summed E-state index contributed by atoms with van der Waals surface area (Å²) < 4.78 is 10.5. The van der Waals surface area contributed by atoms with E-state index in [2.05, 4.69) is 19.1 Å². The van der Waals surface area contributed by atoms with Gasteiger partial charge in [0.2, 0.25) is 0 Å². The first-order chi connectivity index (χ1) is 11.2. The minimum atomic E-state index is -0.322. The van der Waals surface area contributed by atoms with Crippen molar-refractivity contribution in [3.8, 4) is 5.75 Å². The van der Waals surface area contributed by atoms with E-state index in [4.69, 9.17) is 9.47 Å². The van der Waals surface area contributed by atoms with Gasteiger partial charge in [-0.3, -0.25) is 0 Å². The standard InChI is InChI=1S/C20H18O3/c1-14(11-15-7-9-16(10-8-15)20(21)22-2)18-12-17-5-3-4-6-19(17)23-13-18/h3-12H,13H2,1-2H3/b14-11+. The SMILES string of the molecule is COC(=O)c1ccc(/C=C(\C)C2=Cc3ccccc3OC2)cc1. The summed E-state index contributed by atoms with van der Waals surface area (Å²) in [4.78, 5) is 11.4. The maximum absolute atomic E-state index is 11.4. The predicted molar refractivity (Wildman–Crippen MR) is 91.3 cm³/mol. The van der Waals surface area contributed by atoms with Crippen LogP contribution in [-0.4, -0.2) is 19.7 Å². The summed E-state index contributed by atoms with van der Waals surface area (Å²) in [5, 5.41) is 0. The minimum Gasteiger partial charge on any atom is -0.488 e. The van der Waals surface area contributed by atoms with Crippen LogP contribution in [0, 0.1) is 0 Å². The highest BCUT2D eigenvalue weighted by Gasteiger charge is 2.12. The summed E-state index contributed by atoms with van der Waals surface area (Å²) in [5.41, 5.74) is 4.99. The number of benzene rings is 2. The lowest BCUT2D eigenvalue weighted by molar-refractivity contribution is 0.0600. The predicted octanol–water partition coefficient (Wildman–Crippen LogP) is 4.35. The van der Waals surface area contributed by atoms with E-state index in [9.17, 15) is 4.79 Å². The van der Waals surface area contributed by atoms with Gasteiger partial charge < -0.3 is 9.47 Å². The Bertz CT molecular complexity index is 783. The number of carbonyl (C=O) groups excluding carboxylic acids is 1. The fourth-order valence-corrected chi connectivity index (χ4v) is 2.52. The van der Waals surface area contributed by atoms with Crippen LogP contribution >= 0.6 is 0 Å². The third-order valence-electron chi connectivity index (χ3n) is 3.85. The number of rotatable bonds is 3. The fourth-order valence-electron chi connectivity index (χ4n) is 2.52. The first-order valence-electron chi connectivity index (χ1n) is 7.47. The zero-order valence-corrected chi connectivity index (χ0v) is 13.2. The molecule has 23 heavy (non-hydrogen) atoms. The van der Waals surface area contributed by atoms with Crippen molar-refractivity contribution in [1.82, 2.24) is 0 Å². The van der Waals surface area contributed by atoms with Gasteiger partial charge in [-0.05, 0) is 47.9 Å². The van der Waals surface area contributed by atoms with Crippen LogP contribution in [0.3, 0.4) is 0 Å². The number of para-hydroxylation sites is 1. The molecule has 0 radical (unpaired) electrons. The number of hydrogen-bond donors (Lipinski definition) is 0. The van der Waals surface area contributed by atoms with Gasteiger partial charge >= 0.3 is 5.97 Å². The lowest BCUT2D eigenvalue weighted by Gasteiger charge is -2.18. The largest absolute Gasteiger partial charge is 0.488 e. The lowest BCUT2D eigenvalue weighted by Crippen LogP contribution is -2.07. The Morgan fingerprint density at radius 3 is 2.61 bits per heavy atom. The van der Waals surface area contributed by atoms with E-state index in [1.807, 2.05) is 36.4 Å². The Hall–Kier alpha value is -2.81. The number of hydrogen-bond acceptors (Lipinski definition) is 3. The average Bonchev–Trinajstić information content (AvgIpc) is 2.61. The van der Waals surface area contributed by atoms with Crippen molar-refractivity contribution in [3.63, 3.8) is 0 Å². The van der Waals surface area contributed by atoms with Crippen molar-refractivity contribution >= 4 is 18.1 Å². The lowest BCUT2D eigenvalue weighted by atomic mass is 10.00. The van der Waals surface area contributed by atoms with Crippen LogP contribution in [0.5, 0.6) is 5.75 Å². The fraction of sp³-hybridized carbons (Fsp3) is 0.150. The molecular formula is C20H18O3. The van der Waals surface area contributed by atoms with E-state index >= 15 is 0 Å². The Morgan fingerprint density at radius 1 is 1.13 bits per heavy atom. The quantitative estimate of drug-likeness (QED) is 0.791. The molecule has 1 aliphatic heterocycles. The first-order valence-corrected chi connectivity index (χ1v) is 7.47. The molecule has 3 nitrogen and oxygen atoms in total. The summed E-state index contributed by atoms with van der Waals surface area (Å²) in [6.07, 6.45) is 4.25. The van der Waals surface area contributed by atoms with E-state index in [1.165, 1.54) is 7.11 Å². The van der Waals surface area contributed by atoms with Gasteiger partial charge in [0.15, 0.2) is 0 Å². The van der Waals surface area contributed by atoms with Gasteiger partial charge in [0.25, 0.3) is 0 Å². The minimum absolute atomic E-state index is 0.322. The zero-order valence-electron chi connectivity index (χ0n) is 13.2. The molecule has 0 aliphatic carbocycles. The van der Waals surface area contributed by atoms with Crippen molar-refractivity contribution in [2.45, 2.75) is 6.92 Å². The monoisotopic (exact) mass is 306 g/mol. The molecule has 116 valence electrons. The topological polar surface area (TPSA) is 35.5 Å². The van der Waals surface area contributed by atoms with Crippen molar-refractivity contribution in [1.29, 1.82) is 0 Å². The Kier molecular flexibility index (Phi) is 4.29. The van der Waals surface area contributed by atoms with Gasteiger partial charge in [0.05, 0.1) is 12.7 Å². The van der Waals surface area contributed by atoms with Crippen LogP contribution in [0.4, 0.5) is 0 Å². The van der Waals surface area contributed by atoms with Crippen LogP contribution in [0.25, 0.3) is 12.2 Å². The summed E-state index contributed by atoms with van der Waals surface area (Å²) in [7, 11) is 1.38. The molecule has 0 fully saturated rings. The summed E-state index contributed by atoms with van der Waals surface area (Å²) in [6.45, 7) is 2.64. The van der Waals surface area contributed by atoms with Gasteiger partial charge in [-0.2, -0.15) is 0 Å². The van der Waals surface area contributed by atoms with Gasteiger partial charge in [-0.1, -0.05) is 36.4 Å². The van der Waals surface area contributed by atoms with Gasteiger partial charge in [-0.25, -0.2) is 4.79 Å². The second-order valence-electron chi connectivity index (χ2n) is 5.44. The molecule has 0 bridgehead atoms. The molecule has 0 unspecified atom stereocenters. The number of fused-ring (bicyclic) bond motifs is 1. The van der Waals surface area contributed by atoms with Crippen LogP contribution in [-0.2, 0) is 4.74 Å². The van der Waals surface area contributed by atoms with Gasteiger partial charge in [-0.15, -0.1) is 0 Å². The van der Waals surface area contributed by atoms with E-state index in [0.29, 0.717) is 12.2 Å². The third-order valence-corrected chi connectivity index (χ3v) is 3.85. The second-order valence-corrected chi connectivity index (χ2v) is 5.44. The van der Waals surface area contributed by atoms with Crippen LogP contribution in [0.2, 0.25) is 0 Å². The maximum atomic E-state index is 11.4. The maximum Gasteiger partial charge on any atom is 0.337 e. The molecule has 0 N–H and O–H groups in total. The van der Waals surface area contributed by atoms with Crippen LogP contribution in [0.1, 0.15) is 28.4 Å². The Labute approximate surface area is 135 Å². The van der Waals surface area contributed by atoms with Crippen LogP contribution < -0.4 is 4.74 Å². The molecule has 0 atom stereocenters. The number of ether oxygens (including phenoxy) is 2.